The molecule has 1 aromatic carbocycles. The third-order valence-electron chi connectivity index (χ3n) is 9.30. The number of hydrogen-bond acceptors (Lipinski definition) is 7. The second-order valence-corrected chi connectivity index (χ2v) is 14.9. The monoisotopic (exact) mass is 691 g/mol. The molecule has 3 aliphatic rings. The number of alkyl halides is 3. The lowest BCUT2D eigenvalue weighted by molar-refractivity contribution is -0.137. The number of carbonyl (C=O) groups is 2. The molecule has 10 nitrogen and oxygen atoms in total. The maximum absolute atomic E-state index is 14.6. The van der Waals surface area contributed by atoms with E-state index in [0.29, 0.717) is 44.3 Å². The lowest BCUT2D eigenvalue weighted by Gasteiger charge is -2.49. The van der Waals surface area contributed by atoms with Crippen molar-refractivity contribution < 1.29 is 41.4 Å². The standard InChI is InChI=1S/C30H38ClF4N5O5S/c31-23-9-7-18(12-24(23)32)26(19-11-20(14-36-13-19)30(33,34)35)27(39-29(42)43)28(41)38-25-5-1-3-17(25)6-8-22-15-37-21-4-2-10-46(44,45)40(22)16-21/h7,9,11-14,17,21-22,25-27,37,39,44-45H,1-6,8,10,15-16H2,(H,38,41)(H,42,43)/t17-,21-,22+,25+,26+,27+/m1/s1. The normalized spacial score (nSPS) is 28.0. The summed E-state index contributed by atoms with van der Waals surface area (Å²) in [6.45, 7) is 1.16. The van der Waals surface area contributed by atoms with Crippen LogP contribution >= 0.6 is 22.4 Å². The Kier molecular flexibility index (Phi) is 10.7. The molecule has 2 aliphatic heterocycles. The minimum Gasteiger partial charge on any atom is -0.465 e. The van der Waals surface area contributed by atoms with Gasteiger partial charge in [0.2, 0.25) is 5.91 Å². The lowest BCUT2D eigenvalue weighted by atomic mass is 9.84. The smallest absolute Gasteiger partial charge is 0.417 e. The van der Waals surface area contributed by atoms with Gasteiger partial charge < -0.3 is 21.1 Å². The van der Waals surface area contributed by atoms with Gasteiger partial charge in [0.15, 0.2) is 0 Å². The van der Waals surface area contributed by atoms with Gasteiger partial charge in [-0.15, -0.1) is 10.8 Å². The van der Waals surface area contributed by atoms with Crippen molar-refractivity contribution in [2.45, 2.75) is 81.2 Å². The van der Waals surface area contributed by atoms with Crippen molar-refractivity contribution in [1.82, 2.24) is 25.2 Å². The molecule has 6 N–H and O–H groups in total. The summed E-state index contributed by atoms with van der Waals surface area (Å²) >= 11 is 5.85. The van der Waals surface area contributed by atoms with Crippen LogP contribution in [0, 0.1) is 11.7 Å². The van der Waals surface area contributed by atoms with Gasteiger partial charge in [0, 0.05) is 49.5 Å². The molecule has 7 atom stereocenters. The maximum atomic E-state index is 14.6. The Hall–Kier alpha value is -2.69. The van der Waals surface area contributed by atoms with E-state index in [1.807, 2.05) is 4.31 Å². The molecule has 46 heavy (non-hydrogen) atoms. The Morgan fingerprint density at radius 3 is 2.61 bits per heavy atom. The van der Waals surface area contributed by atoms with Gasteiger partial charge in [-0.1, -0.05) is 24.1 Å². The molecule has 0 radical (unpaired) electrons. The molecule has 254 valence electrons. The molecular weight excluding hydrogens is 654 g/mol. The van der Waals surface area contributed by atoms with Crippen molar-refractivity contribution in [2.75, 3.05) is 18.8 Å². The molecule has 1 aromatic heterocycles. The summed E-state index contributed by atoms with van der Waals surface area (Å²) in [6.07, 6.45) is 0.414. The zero-order valence-electron chi connectivity index (χ0n) is 24.8. The van der Waals surface area contributed by atoms with Gasteiger partial charge in [-0.25, -0.2) is 13.5 Å². The molecule has 1 unspecified atom stereocenters. The number of amides is 2. The number of carboxylic acid groups (broad SMARTS) is 1. The zero-order chi connectivity index (χ0) is 33.2. The first kappa shape index (κ1) is 34.6. The molecule has 3 fully saturated rings. The Morgan fingerprint density at radius 2 is 1.89 bits per heavy atom. The third-order valence-corrected chi connectivity index (χ3v) is 11.6. The number of fused-ring (bicyclic) bond motifs is 2. The van der Waals surface area contributed by atoms with Crippen LogP contribution in [-0.4, -0.2) is 78.5 Å². The number of benzene rings is 1. The average Bonchev–Trinajstić information content (AvgIpc) is 3.39. The van der Waals surface area contributed by atoms with Crippen LogP contribution in [0.25, 0.3) is 0 Å². The summed E-state index contributed by atoms with van der Waals surface area (Å²) in [6, 6.07) is 2.34. The first-order valence-electron chi connectivity index (χ1n) is 15.3. The molecule has 1 saturated carbocycles. The van der Waals surface area contributed by atoms with E-state index < -0.39 is 52.3 Å². The minimum atomic E-state index is -4.77. The quantitative estimate of drug-likeness (QED) is 0.180. The van der Waals surface area contributed by atoms with Crippen LogP contribution in [0.4, 0.5) is 22.4 Å². The van der Waals surface area contributed by atoms with Gasteiger partial charge >= 0.3 is 12.3 Å². The van der Waals surface area contributed by atoms with Crippen LogP contribution in [0.15, 0.2) is 36.7 Å². The minimum absolute atomic E-state index is 0.00238. The van der Waals surface area contributed by atoms with Crippen molar-refractivity contribution in [3.05, 3.63) is 64.2 Å². The molecule has 16 heteroatoms. The van der Waals surface area contributed by atoms with Crippen molar-refractivity contribution in [2.24, 2.45) is 5.92 Å². The number of piperazine rings is 1. The van der Waals surface area contributed by atoms with E-state index in [4.69, 9.17) is 11.6 Å². The predicted molar refractivity (Wildman–Crippen MR) is 165 cm³/mol. The highest BCUT2D eigenvalue weighted by atomic mass is 35.5. The second-order valence-electron chi connectivity index (χ2n) is 12.3. The van der Waals surface area contributed by atoms with Gasteiger partial charge in [-0.3, -0.25) is 18.9 Å². The first-order chi connectivity index (χ1) is 21.7. The Balaban J connectivity index is 1.37. The van der Waals surface area contributed by atoms with E-state index in [1.54, 1.807) is 0 Å². The van der Waals surface area contributed by atoms with Gasteiger partial charge in [0.25, 0.3) is 0 Å². The van der Waals surface area contributed by atoms with Crippen LogP contribution in [0.1, 0.15) is 67.6 Å². The predicted octanol–water partition coefficient (Wildman–Crippen LogP) is 5.83. The second kappa shape index (κ2) is 14.2. The van der Waals surface area contributed by atoms with Crippen LogP contribution < -0.4 is 16.0 Å². The van der Waals surface area contributed by atoms with Crippen molar-refractivity contribution in [1.29, 1.82) is 0 Å². The highest BCUT2D eigenvalue weighted by Gasteiger charge is 2.41. The molecule has 2 aromatic rings. The Bertz CT molecular complexity index is 1420. The van der Waals surface area contributed by atoms with Gasteiger partial charge in [0.05, 0.1) is 16.3 Å². The van der Waals surface area contributed by atoms with E-state index in [0.717, 1.165) is 44.0 Å². The van der Waals surface area contributed by atoms with Crippen LogP contribution in [-0.2, 0) is 11.0 Å². The first-order valence-corrected chi connectivity index (χ1v) is 17.3. The summed E-state index contributed by atoms with van der Waals surface area (Å²) in [5, 5.41) is 18.0. The molecule has 1 aliphatic carbocycles. The summed E-state index contributed by atoms with van der Waals surface area (Å²) in [5.74, 6) is -2.71. The van der Waals surface area contributed by atoms with E-state index in [-0.39, 0.29) is 40.2 Å². The summed E-state index contributed by atoms with van der Waals surface area (Å²) in [7, 11) is -2.87. The van der Waals surface area contributed by atoms with E-state index in [2.05, 4.69) is 20.9 Å². The highest BCUT2D eigenvalue weighted by molar-refractivity contribution is 8.22. The van der Waals surface area contributed by atoms with Crippen LogP contribution in [0.2, 0.25) is 5.02 Å². The highest BCUT2D eigenvalue weighted by Crippen LogP contribution is 2.49. The Labute approximate surface area is 270 Å². The van der Waals surface area contributed by atoms with E-state index in [1.165, 1.54) is 12.1 Å². The largest absolute Gasteiger partial charge is 0.465 e. The number of aromatic nitrogens is 1. The fraction of sp³-hybridized carbons (Fsp3) is 0.567. The number of pyridine rings is 1. The van der Waals surface area contributed by atoms with Crippen molar-refractivity contribution in [3.63, 3.8) is 0 Å². The molecule has 0 spiro atoms. The van der Waals surface area contributed by atoms with Crippen molar-refractivity contribution >= 4 is 34.4 Å². The topological polar surface area (TPSA) is 147 Å². The van der Waals surface area contributed by atoms with E-state index >= 15 is 0 Å². The fourth-order valence-electron chi connectivity index (χ4n) is 7.02. The zero-order valence-corrected chi connectivity index (χ0v) is 26.4. The number of carbonyl (C=O) groups excluding carboxylic acids is 1. The summed E-state index contributed by atoms with van der Waals surface area (Å²) in [5.41, 5.74) is -1.23. The van der Waals surface area contributed by atoms with Gasteiger partial charge in [-0.2, -0.15) is 13.2 Å². The van der Waals surface area contributed by atoms with Crippen LogP contribution in [0.5, 0.6) is 0 Å². The average molecular weight is 692 g/mol. The molecule has 2 bridgehead atoms. The third kappa shape index (κ3) is 8.05. The lowest BCUT2D eigenvalue weighted by Crippen LogP contribution is -2.56. The van der Waals surface area contributed by atoms with Gasteiger partial charge in [-0.05, 0) is 73.8 Å². The number of nitrogens with one attached hydrogen (secondary N) is 3. The SMILES string of the molecule is O=C(O)N[C@H](C(=O)N[C@H]1CCC[C@@H]1CC[C@H]1CN[C@@H]2CCCS(O)(O)N1C2)[C@H](c1cncc(C(F)(F)F)c1)c1ccc(Cl)c(F)c1. The molecule has 2 saturated heterocycles. The summed E-state index contributed by atoms with van der Waals surface area (Å²) < 4.78 is 78.9. The fourth-order valence-corrected chi connectivity index (χ4v) is 9.01. The molecule has 2 amide bonds. The van der Waals surface area contributed by atoms with Crippen molar-refractivity contribution in [3.8, 4) is 0 Å². The number of hydrogen-bond donors (Lipinski definition) is 6. The molecule has 5 rings (SSSR count). The molecular formula is C30H38ClF4N5O5S. The van der Waals surface area contributed by atoms with E-state index in [9.17, 15) is 41.4 Å². The maximum Gasteiger partial charge on any atom is 0.417 e. The number of nitrogens with zero attached hydrogens (tertiary/aromatic N) is 2. The van der Waals surface area contributed by atoms with Gasteiger partial charge in [0.1, 0.15) is 11.9 Å². The van der Waals surface area contributed by atoms with Crippen LogP contribution in [0.3, 0.4) is 0 Å². The molecule has 3 heterocycles. The number of halogens is 5. The Morgan fingerprint density at radius 1 is 1.11 bits per heavy atom. The summed E-state index contributed by atoms with van der Waals surface area (Å²) in [4.78, 5) is 29.5. The number of rotatable bonds is 9.